The van der Waals surface area contributed by atoms with Crippen LogP contribution in [0.25, 0.3) is 6.08 Å². The van der Waals surface area contributed by atoms with E-state index in [0.717, 1.165) is 36.1 Å². The summed E-state index contributed by atoms with van der Waals surface area (Å²) in [6, 6.07) is 9.66. The van der Waals surface area contributed by atoms with E-state index in [4.69, 9.17) is 4.74 Å². The van der Waals surface area contributed by atoms with Crippen molar-refractivity contribution in [3.8, 4) is 5.75 Å². The van der Waals surface area contributed by atoms with Gasteiger partial charge in [0, 0.05) is 53.8 Å². The van der Waals surface area contributed by atoms with Gasteiger partial charge in [-0.05, 0) is 57.0 Å². The molecule has 1 N–H and O–H groups in total. The molecule has 1 amide bonds. The van der Waals surface area contributed by atoms with E-state index in [1.54, 1.807) is 37.3 Å². The second-order valence-corrected chi connectivity index (χ2v) is 12.6. The normalized spacial score (nSPS) is 21.1. The number of rotatable bonds is 5. The molecule has 0 radical (unpaired) electrons. The predicted molar refractivity (Wildman–Crippen MR) is 142 cm³/mol. The molecule has 0 aliphatic carbocycles. The van der Waals surface area contributed by atoms with Gasteiger partial charge in [-0.1, -0.05) is 22.0 Å². The number of nitrogens with one attached hydrogen (secondary N) is 1. The maximum absolute atomic E-state index is 13.6. The number of benzene rings is 1. The summed E-state index contributed by atoms with van der Waals surface area (Å²) in [4.78, 5) is 19.5. The molecule has 0 saturated carbocycles. The van der Waals surface area contributed by atoms with E-state index < -0.39 is 15.6 Å². The average Bonchev–Trinajstić information content (AvgIpc) is 2.85. The topological polar surface area (TPSA) is 95.1 Å². The molecule has 2 aromatic rings. The SMILES string of the molecule is CC1(C)Oc2cc(Br)ccc2C=C1S(=O)(=O)N1CCN(NC2CCN(c3ccncc3)CC2)C(=O)C1. The van der Waals surface area contributed by atoms with Crippen LogP contribution in [0.1, 0.15) is 32.3 Å². The van der Waals surface area contributed by atoms with E-state index >= 15 is 0 Å². The van der Waals surface area contributed by atoms with Crippen molar-refractivity contribution in [2.45, 2.75) is 38.3 Å². The number of carbonyl (C=O) groups is 1. The van der Waals surface area contributed by atoms with Gasteiger partial charge in [0.05, 0.1) is 13.1 Å². The van der Waals surface area contributed by atoms with Gasteiger partial charge in [-0.25, -0.2) is 13.8 Å². The van der Waals surface area contributed by atoms with Gasteiger partial charge in [0.1, 0.15) is 16.3 Å². The zero-order chi connectivity index (χ0) is 25.5. The Hall–Kier alpha value is -2.47. The first-order valence-electron chi connectivity index (χ1n) is 12.1. The van der Waals surface area contributed by atoms with E-state index in [2.05, 4.69) is 31.2 Å². The lowest BCUT2D eigenvalue weighted by molar-refractivity contribution is -0.138. The number of anilines is 1. The molecule has 3 aliphatic heterocycles. The molecule has 0 spiro atoms. The first-order valence-corrected chi connectivity index (χ1v) is 14.3. The summed E-state index contributed by atoms with van der Waals surface area (Å²) in [7, 11) is -3.90. The number of amides is 1. The molecule has 3 aliphatic rings. The molecule has 5 rings (SSSR count). The molecule has 1 aromatic carbocycles. The number of pyridine rings is 1. The summed E-state index contributed by atoms with van der Waals surface area (Å²) in [6.45, 7) is 5.54. The van der Waals surface area contributed by atoms with E-state index in [1.165, 1.54) is 4.31 Å². The third kappa shape index (κ3) is 5.02. The molecule has 36 heavy (non-hydrogen) atoms. The Morgan fingerprint density at radius 2 is 1.81 bits per heavy atom. The predicted octanol–water partition coefficient (Wildman–Crippen LogP) is 3.00. The molecule has 2 fully saturated rings. The smallest absolute Gasteiger partial charge is 0.252 e. The third-order valence-electron chi connectivity index (χ3n) is 6.89. The van der Waals surface area contributed by atoms with Gasteiger partial charge < -0.3 is 9.64 Å². The quantitative estimate of drug-likeness (QED) is 0.585. The number of sulfonamides is 1. The van der Waals surface area contributed by atoms with Crippen LogP contribution in [0.2, 0.25) is 0 Å². The number of ether oxygens (including phenoxy) is 1. The van der Waals surface area contributed by atoms with Crippen LogP contribution >= 0.6 is 15.9 Å². The van der Waals surface area contributed by atoms with Gasteiger partial charge in [0.25, 0.3) is 5.91 Å². The average molecular weight is 577 g/mol. The molecular weight excluding hydrogens is 546 g/mol. The molecule has 4 heterocycles. The van der Waals surface area contributed by atoms with Crippen molar-refractivity contribution in [1.29, 1.82) is 0 Å². The van der Waals surface area contributed by atoms with Gasteiger partial charge in [-0.2, -0.15) is 4.31 Å². The third-order valence-corrected chi connectivity index (χ3v) is 9.54. The minimum Gasteiger partial charge on any atom is -0.482 e. The van der Waals surface area contributed by atoms with Crippen molar-refractivity contribution in [1.82, 2.24) is 19.7 Å². The molecule has 0 bridgehead atoms. The molecule has 2 saturated heterocycles. The van der Waals surface area contributed by atoms with Gasteiger partial charge >= 0.3 is 0 Å². The number of aromatic nitrogens is 1. The Labute approximate surface area is 220 Å². The Bertz CT molecular complexity index is 1280. The number of halogens is 1. The second-order valence-electron chi connectivity index (χ2n) is 9.78. The van der Waals surface area contributed by atoms with Gasteiger partial charge in [0.15, 0.2) is 0 Å². The summed E-state index contributed by atoms with van der Waals surface area (Å²) in [5.74, 6) is 0.370. The maximum Gasteiger partial charge on any atom is 0.252 e. The van der Waals surface area contributed by atoms with E-state index in [1.807, 2.05) is 30.3 Å². The summed E-state index contributed by atoms with van der Waals surface area (Å²) in [6.07, 6.45) is 7.02. The van der Waals surface area contributed by atoms with Crippen LogP contribution in [-0.4, -0.2) is 73.0 Å². The van der Waals surface area contributed by atoms with Crippen molar-refractivity contribution in [3.63, 3.8) is 0 Å². The van der Waals surface area contributed by atoms with E-state index in [-0.39, 0.29) is 29.9 Å². The fraction of sp³-hybridized carbons (Fsp3) is 0.440. The largest absolute Gasteiger partial charge is 0.482 e. The minimum atomic E-state index is -3.90. The summed E-state index contributed by atoms with van der Waals surface area (Å²) < 4.78 is 35.4. The zero-order valence-electron chi connectivity index (χ0n) is 20.4. The van der Waals surface area contributed by atoms with Crippen LogP contribution in [0.15, 0.2) is 52.1 Å². The van der Waals surface area contributed by atoms with Crippen molar-refractivity contribution in [2.75, 3.05) is 37.6 Å². The molecule has 9 nitrogen and oxygen atoms in total. The Morgan fingerprint density at radius 1 is 1.08 bits per heavy atom. The Kier molecular flexibility index (Phi) is 6.84. The number of fused-ring (bicyclic) bond motifs is 1. The zero-order valence-corrected chi connectivity index (χ0v) is 22.8. The lowest BCUT2D eigenvalue weighted by Crippen LogP contribution is -2.60. The Morgan fingerprint density at radius 3 is 2.50 bits per heavy atom. The van der Waals surface area contributed by atoms with Crippen molar-refractivity contribution in [2.24, 2.45) is 0 Å². The number of hydrogen-bond acceptors (Lipinski definition) is 7. The number of piperidine rings is 1. The van der Waals surface area contributed by atoms with Crippen molar-refractivity contribution < 1.29 is 17.9 Å². The van der Waals surface area contributed by atoms with Crippen LogP contribution in [0.4, 0.5) is 5.69 Å². The van der Waals surface area contributed by atoms with E-state index in [0.29, 0.717) is 17.9 Å². The first-order chi connectivity index (χ1) is 17.1. The highest BCUT2D eigenvalue weighted by Gasteiger charge is 2.43. The number of carbonyl (C=O) groups excluding carboxylic acids is 1. The lowest BCUT2D eigenvalue weighted by atomic mass is 10.0. The van der Waals surface area contributed by atoms with Gasteiger partial charge in [-0.3, -0.25) is 14.8 Å². The van der Waals surface area contributed by atoms with Crippen molar-refractivity contribution >= 4 is 43.6 Å². The van der Waals surface area contributed by atoms with Crippen LogP contribution in [-0.2, 0) is 14.8 Å². The van der Waals surface area contributed by atoms with Crippen LogP contribution < -0.4 is 15.1 Å². The number of hydrazine groups is 1. The fourth-order valence-corrected chi connectivity index (χ4v) is 7.07. The number of piperazine rings is 1. The molecule has 192 valence electrons. The standard InChI is InChI=1S/C25H30BrN5O4S/c1-25(2)23(15-18-3-4-19(26)16-22(18)35-25)36(33,34)30-13-14-31(24(32)17-30)28-20-7-11-29(12-8-20)21-5-9-27-10-6-21/h3-6,9-10,15-16,20,28H,7-8,11-14,17H2,1-2H3. The molecule has 1 aromatic heterocycles. The number of hydrogen-bond donors (Lipinski definition) is 1. The van der Waals surface area contributed by atoms with Crippen LogP contribution in [0.3, 0.4) is 0 Å². The van der Waals surface area contributed by atoms with Crippen LogP contribution in [0.5, 0.6) is 5.75 Å². The van der Waals surface area contributed by atoms with Gasteiger partial charge in [-0.15, -0.1) is 0 Å². The number of nitrogens with zero attached hydrogens (tertiary/aromatic N) is 4. The first kappa shape index (κ1) is 25.2. The van der Waals surface area contributed by atoms with E-state index in [9.17, 15) is 13.2 Å². The summed E-state index contributed by atoms with van der Waals surface area (Å²) in [5.41, 5.74) is 4.13. The summed E-state index contributed by atoms with van der Waals surface area (Å²) >= 11 is 3.43. The van der Waals surface area contributed by atoms with Crippen molar-refractivity contribution in [3.05, 3.63) is 57.7 Å². The minimum absolute atomic E-state index is 0.155. The highest BCUT2D eigenvalue weighted by atomic mass is 79.9. The summed E-state index contributed by atoms with van der Waals surface area (Å²) in [5, 5.41) is 1.59. The molecule has 0 atom stereocenters. The lowest BCUT2D eigenvalue weighted by Gasteiger charge is -2.41. The second kappa shape index (κ2) is 9.77. The molecule has 11 heteroatoms. The fourth-order valence-electron chi connectivity index (χ4n) is 4.92. The highest BCUT2D eigenvalue weighted by Crippen LogP contribution is 2.40. The highest BCUT2D eigenvalue weighted by molar-refractivity contribution is 9.10. The monoisotopic (exact) mass is 575 g/mol. The molecular formula is C25H30BrN5O4S. The van der Waals surface area contributed by atoms with Gasteiger partial charge in [0.2, 0.25) is 10.0 Å². The Balaban J connectivity index is 1.22. The molecule has 0 unspecified atom stereocenters. The maximum atomic E-state index is 13.6. The van der Waals surface area contributed by atoms with Crippen LogP contribution in [0, 0.1) is 0 Å².